The average molecular weight is 397 g/mol. The van der Waals surface area contributed by atoms with Gasteiger partial charge in [-0.25, -0.2) is 0 Å². The standard InChI is InChI=1S/C22H27N3O4/c1-24(14-17-5-4-9-23-13-17)22(27)18-12-21(26)25(15-18)10-8-16-6-7-19(28-2)20(11-16)29-3/h4-7,9,11,13,18H,8,10,12,14-15H2,1-3H3/t18-/m1/s1. The van der Waals surface area contributed by atoms with Crippen LogP contribution in [0, 0.1) is 5.92 Å². The maximum atomic E-state index is 12.8. The molecule has 0 aliphatic carbocycles. The van der Waals surface area contributed by atoms with Crippen LogP contribution in [0.3, 0.4) is 0 Å². The fourth-order valence-corrected chi connectivity index (χ4v) is 3.61. The molecule has 0 radical (unpaired) electrons. The Hall–Kier alpha value is -3.09. The number of methoxy groups -OCH3 is 2. The molecule has 2 amide bonds. The van der Waals surface area contributed by atoms with Crippen LogP contribution in [0.15, 0.2) is 42.7 Å². The Morgan fingerprint density at radius 1 is 1.21 bits per heavy atom. The van der Waals surface area contributed by atoms with Crippen molar-refractivity contribution in [3.05, 3.63) is 53.9 Å². The smallest absolute Gasteiger partial charge is 0.228 e. The van der Waals surface area contributed by atoms with Crippen LogP contribution in [0.1, 0.15) is 17.5 Å². The van der Waals surface area contributed by atoms with Gasteiger partial charge in [0.2, 0.25) is 11.8 Å². The molecule has 0 spiro atoms. The molecule has 1 saturated heterocycles. The Labute approximate surface area is 171 Å². The lowest BCUT2D eigenvalue weighted by molar-refractivity contribution is -0.135. The van der Waals surface area contributed by atoms with Gasteiger partial charge in [0.05, 0.1) is 20.1 Å². The Morgan fingerprint density at radius 2 is 2.00 bits per heavy atom. The number of benzene rings is 1. The predicted molar refractivity (Wildman–Crippen MR) is 109 cm³/mol. The minimum Gasteiger partial charge on any atom is -0.493 e. The number of amides is 2. The zero-order valence-electron chi connectivity index (χ0n) is 17.1. The number of carbonyl (C=O) groups excluding carboxylic acids is 2. The van der Waals surface area contributed by atoms with E-state index in [9.17, 15) is 9.59 Å². The van der Waals surface area contributed by atoms with Gasteiger partial charge in [0.1, 0.15) is 0 Å². The number of hydrogen-bond acceptors (Lipinski definition) is 5. The third kappa shape index (κ3) is 5.04. The van der Waals surface area contributed by atoms with Gasteiger partial charge in [-0.15, -0.1) is 0 Å². The van der Waals surface area contributed by atoms with Gasteiger partial charge >= 0.3 is 0 Å². The van der Waals surface area contributed by atoms with Crippen molar-refractivity contribution in [2.45, 2.75) is 19.4 Å². The van der Waals surface area contributed by atoms with Crippen molar-refractivity contribution in [1.82, 2.24) is 14.8 Å². The van der Waals surface area contributed by atoms with Gasteiger partial charge in [-0.05, 0) is 35.7 Å². The Balaban J connectivity index is 1.55. The molecule has 7 heteroatoms. The minimum atomic E-state index is -0.297. The van der Waals surface area contributed by atoms with Crippen molar-refractivity contribution < 1.29 is 19.1 Å². The van der Waals surface area contributed by atoms with Crippen LogP contribution in [0.4, 0.5) is 0 Å². The summed E-state index contributed by atoms with van der Waals surface area (Å²) in [7, 11) is 4.97. The minimum absolute atomic E-state index is 0.00387. The number of rotatable bonds is 8. The fourth-order valence-electron chi connectivity index (χ4n) is 3.61. The Bertz CT molecular complexity index is 856. The van der Waals surface area contributed by atoms with E-state index in [1.165, 1.54) is 0 Å². The molecule has 7 nitrogen and oxygen atoms in total. The van der Waals surface area contributed by atoms with Gasteiger partial charge in [-0.1, -0.05) is 12.1 Å². The molecule has 2 heterocycles. The number of carbonyl (C=O) groups is 2. The number of ether oxygens (including phenoxy) is 2. The van der Waals surface area contributed by atoms with E-state index in [0.717, 1.165) is 11.1 Å². The molecule has 1 aliphatic rings. The Morgan fingerprint density at radius 3 is 2.69 bits per heavy atom. The maximum Gasteiger partial charge on any atom is 0.228 e. The molecule has 1 aromatic carbocycles. The monoisotopic (exact) mass is 397 g/mol. The van der Waals surface area contributed by atoms with E-state index in [1.54, 1.807) is 43.5 Å². The molecule has 29 heavy (non-hydrogen) atoms. The first-order valence-corrected chi connectivity index (χ1v) is 9.64. The second-order valence-corrected chi connectivity index (χ2v) is 7.24. The number of nitrogens with zero attached hydrogens (tertiary/aromatic N) is 3. The SMILES string of the molecule is COc1ccc(CCN2C[C@H](C(=O)N(C)Cc3cccnc3)CC2=O)cc1OC. The molecule has 0 N–H and O–H groups in total. The molecular weight excluding hydrogens is 370 g/mol. The van der Waals surface area contributed by atoms with E-state index in [4.69, 9.17) is 9.47 Å². The van der Waals surface area contributed by atoms with Crippen LogP contribution < -0.4 is 9.47 Å². The molecule has 2 aromatic rings. The molecule has 1 aromatic heterocycles. The normalized spacial score (nSPS) is 16.0. The zero-order chi connectivity index (χ0) is 20.8. The quantitative estimate of drug-likeness (QED) is 0.683. The molecule has 154 valence electrons. The zero-order valence-corrected chi connectivity index (χ0v) is 17.1. The first-order valence-electron chi connectivity index (χ1n) is 9.64. The van der Waals surface area contributed by atoms with Crippen molar-refractivity contribution in [3.8, 4) is 11.5 Å². The second-order valence-electron chi connectivity index (χ2n) is 7.24. The maximum absolute atomic E-state index is 12.8. The summed E-state index contributed by atoms with van der Waals surface area (Å²) in [4.78, 5) is 32.7. The fraction of sp³-hybridized carbons (Fsp3) is 0.409. The van der Waals surface area contributed by atoms with Gasteiger partial charge in [0.25, 0.3) is 0 Å². The van der Waals surface area contributed by atoms with E-state index < -0.39 is 0 Å². The van der Waals surface area contributed by atoms with Crippen molar-refractivity contribution in [2.75, 3.05) is 34.4 Å². The van der Waals surface area contributed by atoms with E-state index in [2.05, 4.69) is 4.98 Å². The van der Waals surface area contributed by atoms with E-state index in [1.807, 2.05) is 30.3 Å². The Kier molecular flexibility index (Phi) is 6.69. The van der Waals surface area contributed by atoms with E-state index >= 15 is 0 Å². The first kappa shape index (κ1) is 20.6. The van der Waals surface area contributed by atoms with Crippen LogP contribution in [0.5, 0.6) is 11.5 Å². The summed E-state index contributed by atoms with van der Waals surface area (Å²) < 4.78 is 10.6. The van der Waals surface area contributed by atoms with E-state index in [0.29, 0.717) is 37.6 Å². The third-order valence-electron chi connectivity index (χ3n) is 5.20. The topological polar surface area (TPSA) is 72.0 Å². The van der Waals surface area contributed by atoms with Crippen molar-refractivity contribution in [3.63, 3.8) is 0 Å². The van der Waals surface area contributed by atoms with Gasteiger partial charge < -0.3 is 19.3 Å². The lowest BCUT2D eigenvalue weighted by Gasteiger charge is -2.21. The average Bonchev–Trinajstić information content (AvgIpc) is 3.12. The lowest BCUT2D eigenvalue weighted by atomic mass is 10.1. The van der Waals surface area contributed by atoms with Crippen molar-refractivity contribution >= 4 is 11.8 Å². The second kappa shape index (κ2) is 9.41. The summed E-state index contributed by atoms with van der Waals surface area (Å²) in [6.45, 7) is 1.52. The molecule has 1 aliphatic heterocycles. The molecule has 1 fully saturated rings. The highest BCUT2D eigenvalue weighted by atomic mass is 16.5. The summed E-state index contributed by atoms with van der Waals surface area (Å²) >= 11 is 0. The number of hydrogen-bond donors (Lipinski definition) is 0. The largest absolute Gasteiger partial charge is 0.493 e. The first-order chi connectivity index (χ1) is 14.0. The summed E-state index contributed by atoms with van der Waals surface area (Å²) in [6.07, 6.45) is 4.41. The summed E-state index contributed by atoms with van der Waals surface area (Å²) in [5.41, 5.74) is 2.02. The molecule has 0 bridgehead atoms. The summed E-state index contributed by atoms with van der Waals surface area (Å²) in [6, 6.07) is 9.53. The highest BCUT2D eigenvalue weighted by Crippen LogP contribution is 2.28. The molecule has 0 saturated carbocycles. The molecular formula is C22H27N3O4. The van der Waals surface area contributed by atoms with E-state index in [-0.39, 0.29) is 24.2 Å². The van der Waals surface area contributed by atoms with Crippen LogP contribution >= 0.6 is 0 Å². The molecule has 0 unspecified atom stereocenters. The lowest BCUT2D eigenvalue weighted by Crippen LogP contribution is -2.34. The predicted octanol–water partition coefficient (Wildman–Crippen LogP) is 2.15. The van der Waals surface area contributed by atoms with Gasteiger partial charge in [-0.3, -0.25) is 14.6 Å². The van der Waals surface area contributed by atoms with Crippen molar-refractivity contribution in [1.29, 1.82) is 0 Å². The highest BCUT2D eigenvalue weighted by Gasteiger charge is 2.35. The van der Waals surface area contributed by atoms with Gasteiger partial charge in [0.15, 0.2) is 11.5 Å². The third-order valence-corrected chi connectivity index (χ3v) is 5.20. The van der Waals surface area contributed by atoms with Crippen LogP contribution in [-0.4, -0.2) is 61.0 Å². The summed E-state index contributed by atoms with van der Waals surface area (Å²) in [5, 5.41) is 0. The van der Waals surface area contributed by atoms with Gasteiger partial charge in [-0.2, -0.15) is 0 Å². The van der Waals surface area contributed by atoms with Crippen LogP contribution in [0.25, 0.3) is 0 Å². The number of aromatic nitrogens is 1. The van der Waals surface area contributed by atoms with Gasteiger partial charge in [0, 0.05) is 45.5 Å². The number of pyridine rings is 1. The number of likely N-dealkylation sites (tertiary alicyclic amines) is 1. The molecule has 3 rings (SSSR count). The summed E-state index contributed by atoms with van der Waals surface area (Å²) in [5.74, 6) is 1.07. The van der Waals surface area contributed by atoms with Crippen molar-refractivity contribution in [2.24, 2.45) is 5.92 Å². The van der Waals surface area contributed by atoms with Crippen LogP contribution in [0.2, 0.25) is 0 Å². The van der Waals surface area contributed by atoms with Crippen LogP contribution in [-0.2, 0) is 22.6 Å². The molecule has 1 atom stereocenters. The highest BCUT2D eigenvalue weighted by molar-refractivity contribution is 5.89.